The molecular weight excluding hydrogens is 234 g/mol. The van der Waals surface area contributed by atoms with E-state index in [1.54, 1.807) is 0 Å². The minimum Gasteiger partial charge on any atom is -0.316 e. The number of hydrogen-bond donors (Lipinski definition) is 1. The van der Waals surface area contributed by atoms with Crippen molar-refractivity contribution < 1.29 is 0 Å². The third kappa shape index (κ3) is 4.07. The van der Waals surface area contributed by atoms with E-state index >= 15 is 0 Å². The maximum Gasteiger partial charge on any atom is 0.0596 e. The Morgan fingerprint density at radius 3 is 2.74 bits per heavy atom. The van der Waals surface area contributed by atoms with Crippen LogP contribution in [0.25, 0.3) is 0 Å². The second-order valence-corrected chi connectivity index (χ2v) is 6.61. The van der Waals surface area contributed by atoms with Crippen LogP contribution in [-0.4, -0.2) is 22.9 Å². The lowest BCUT2D eigenvalue weighted by molar-refractivity contribution is 0.352. The normalized spacial score (nSPS) is 23.4. The second kappa shape index (κ2) is 6.56. The molecule has 108 valence electrons. The van der Waals surface area contributed by atoms with Crippen LogP contribution in [-0.2, 0) is 13.5 Å². The molecule has 0 aromatic carbocycles. The van der Waals surface area contributed by atoms with Gasteiger partial charge in [0, 0.05) is 12.7 Å². The number of nitrogens with zero attached hydrogens (tertiary/aromatic N) is 2. The molecule has 0 spiro atoms. The first-order valence-electron chi connectivity index (χ1n) is 7.76. The molecule has 1 saturated carbocycles. The van der Waals surface area contributed by atoms with Crippen LogP contribution >= 0.6 is 0 Å². The quantitative estimate of drug-likeness (QED) is 0.855. The summed E-state index contributed by atoms with van der Waals surface area (Å²) >= 11 is 0. The summed E-state index contributed by atoms with van der Waals surface area (Å²) in [6.07, 6.45) is 5.38. The first-order valence-corrected chi connectivity index (χ1v) is 7.76. The Balaban J connectivity index is 1.86. The molecule has 1 aliphatic carbocycles. The molecule has 0 amide bonds. The highest BCUT2D eigenvalue weighted by molar-refractivity contribution is 5.10. The van der Waals surface area contributed by atoms with Gasteiger partial charge in [0.15, 0.2) is 0 Å². The number of rotatable bonds is 6. The lowest BCUT2D eigenvalue weighted by Gasteiger charge is -2.20. The molecule has 2 unspecified atom stereocenters. The summed E-state index contributed by atoms with van der Waals surface area (Å²) in [7, 11) is 2.07. The van der Waals surface area contributed by atoms with Gasteiger partial charge in [-0.3, -0.25) is 4.68 Å². The molecule has 2 atom stereocenters. The van der Waals surface area contributed by atoms with Gasteiger partial charge in [-0.05, 0) is 63.1 Å². The molecule has 0 radical (unpaired) electrons. The molecule has 1 heterocycles. The topological polar surface area (TPSA) is 29.9 Å². The van der Waals surface area contributed by atoms with Crippen molar-refractivity contribution in [1.29, 1.82) is 0 Å². The van der Waals surface area contributed by atoms with E-state index in [2.05, 4.69) is 49.0 Å². The van der Waals surface area contributed by atoms with Crippen molar-refractivity contribution in [2.45, 2.75) is 46.5 Å². The minimum atomic E-state index is 0.750. The number of hydrogen-bond acceptors (Lipinski definition) is 2. The van der Waals surface area contributed by atoms with Crippen LogP contribution < -0.4 is 5.32 Å². The highest BCUT2D eigenvalue weighted by Gasteiger charge is 2.27. The van der Waals surface area contributed by atoms with Crippen LogP contribution in [0.5, 0.6) is 0 Å². The summed E-state index contributed by atoms with van der Waals surface area (Å²) in [4.78, 5) is 0. The minimum absolute atomic E-state index is 0.750. The molecule has 0 bridgehead atoms. The second-order valence-electron chi connectivity index (χ2n) is 6.61. The zero-order valence-corrected chi connectivity index (χ0v) is 12.9. The Kier molecular flexibility index (Phi) is 5.03. The molecule has 3 nitrogen and oxygen atoms in total. The van der Waals surface area contributed by atoms with E-state index in [1.165, 1.54) is 37.9 Å². The summed E-state index contributed by atoms with van der Waals surface area (Å²) in [6.45, 7) is 8.97. The highest BCUT2D eigenvalue weighted by Crippen LogP contribution is 2.33. The lowest BCUT2D eigenvalue weighted by atomic mass is 9.91. The van der Waals surface area contributed by atoms with Crippen molar-refractivity contribution in [3.63, 3.8) is 0 Å². The average molecular weight is 263 g/mol. The maximum atomic E-state index is 4.46. The monoisotopic (exact) mass is 263 g/mol. The SMILES string of the molecule is Cc1cc(CC2CCCC2CNCC(C)C)n(C)n1. The predicted molar refractivity (Wildman–Crippen MR) is 80.2 cm³/mol. The smallest absolute Gasteiger partial charge is 0.0596 e. The van der Waals surface area contributed by atoms with Gasteiger partial charge in [-0.1, -0.05) is 20.3 Å². The Labute approximate surface area is 117 Å². The average Bonchev–Trinajstić information content (AvgIpc) is 2.87. The van der Waals surface area contributed by atoms with Crippen LogP contribution in [0.3, 0.4) is 0 Å². The number of nitrogens with one attached hydrogen (secondary N) is 1. The lowest BCUT2D eigenvalue weighted by Crippen LogP contribution is -2.29. The third-order valence-corrected chi connectivity index (χ3v) is 4.35. The van der Waals surface area contributed by atoms with E-state index in [0.29, 0.717) is 0 Å². The molecule has 2 rings (SSSR count). The van der Waals surface area contributed by atoms with E-state index in [4.69, 9.17) is 0 Å². The van der Waals surface area contributed by atoms with Gasteiger partial charge in [0.2, 0.25) is 0 Å². The van der Waals surface area contributed by atoms with Crippen molar-refractivity contribution in [3.8, 4) is 0 Å². The fourth-order valence-electron chi connectivity index (χ4n) is 3.33. The van der Waals surface area contributed by atoms with Gasteiger partial charge in [0.05, 0.1) is 5.69 Å². The summed E-state index contributed by atoms with van der Waals surface area (Å²) in [5.41, 5.74) is 2.54. The molecule has 1 aromatic rings. The third-order valence-electron chi connectivity index (χ3n) is 4.35. The highest BCUT2D eigenvalue weighted by atomic mass is 15.3. The summed E-state index contributed by atoms with van der Waals surface area (Å²) in [5, 5.41) is 8.10. The number of aryl methyl sites for hydroxylation is 2. The zero-order valence-electron chi connectivity index (χ0n) is 12.9. The van der Waals surface area contributed by atoms with Gasteiger partial charge in [0.25, 0.3) is 0 Å². The Morgan fingerprint density at radius 1 is 1.37 bits per heavy atom. The molecule has 0 saturated heterocycles. The van der Waals surface area contributed by atoms with E-state index < -0.39 is 0 Å². The van der Waals surface area contributed by atoms with Crippen LogP contribution in [0, 0.1) is 24.7 Å². The Morgan fingerprint density at radius 2 is 2.11 bits per heavy atom. The summed E-state index contributed by atoms with van der Waals surface area (Å²) in [5.74, 6) is 2.45. The molecule has 3 heteroatoms. The molecule has 1 aromatic heterocycles. The van der Waals surface area contributed by atoms with E-state index in [-0.39, 0.29) is 0 Å². The van der Waals surface area contributed by atoms with Crippen molar-refractivity contribution in [1.82, 2.24) is 15.1 Å². The molecular formula is C16H29N3. The summed E-state index contributed by atoms with van der Waals surface area (Å²) in [6, 6.07) is 2.25. The largest absolute Gasteiger partial charge is 0.316 e. The molecule has 1 N–H and O–H groups in total. The van der Waals surface area contributed by atoms with Gasteiger partial charge in [-0.2, -0.15) is 5.10 Å². The van der Waals surface area contributed by atoms with E-state index in [0.717, 1.165) is 30.0 Å². The molecule has 19 heavy (non-hydrogen) atoms. The van der Waals surface area contributed by atoms with Gasteiger partial charge < -0.3 is 5.32 Å². The van der Waals surface area contributed by atoms with Gasteiger partial charge in [-0.15, -0.1) is 0 Å². The van der Waals surface area contributed by atoms with Crippen molar-refractivity contribution >= 4 is 0 Å². The fourth-order valence-corrected chi connectivity index (χ4v) is 3.33. The molecule has 0 aliphatic heterocycles. The van der Waals surface area contributed by atoms with Crippen LogP contribution in [0.2, 0.25) is 0 Å². The van der Waals surface area contributed by atoms with E-state index in [9.17, 15) is 0 Å². The van der Waals surface area contributed by atoms with Crippen molar-refractivity contribution in [2.75, 3.05) is 13.1 Å². The first kappa shape index (κ1) is 14.6. The molecule has 1 aliphatic rings. The fraction of sp³-hybridized carbons (Fsp3) is 0.812. The Hall–Kier alpha value is -0.830. The van der Waals surface area contributed by atoms with Crippen LogP contribution in [0.15, 0.2) is 6.07 Å². The van der Waals surface area contributed by atoms with Crippen LogP contribution in [0.1, 0.15) is 44.5 Å². The Bertz CT molecular complexity index is 395. The number of aromatic nitrogens is 2. The maximum absolute atomic E-state index is 4.46. The van der Waals surface area contributed by atoms with Gasteiger partial charge in [0.1, 0.15) is 0 Å². The molecule has 1 fully saturated rings. The van der Waals surface area contributed by atoms with Gasteiger partial charge in [-0.25, -0.2) is 0 Å². The standard InChI is InChI=1S/C16H29N3/c1-12(2)10-17-11-15-7-5-6-14(15)9-16-8-13(3)18-19(16)4/h8,12,14-15,17H,5-7,9-11H2,1-4H3. The first-order chi connectivity index (χ1) is 9.06. The van der Waals surface area contributed by atoms with Crippen LogP contribution in [0.4, 0.5) is 0 Å². The van der Waals surface area contributed by atoms with Crippen molar-refractivity contribution in [3.05, 3.63) is 17.5 Å². The summed E-state index contributed by atoms with van der Waals surface area (Å²) < 4.78 is 2.06. The van der Waals surface area contributed by atoms with Crippen molar-refractivity contribution in [2.24, 2.45) is 24.8 Å². The van der Waals surface area contributed by atoms with E-state index in [1.807, 2.05) is 0 Å². The van der Waals surface area contributed by atoms with Gasteiger partial charge >= 0.3 is 0 Å². The zero-order chi connectivity index (χ0) is 13.8. The predicted octanol–water partition coefficient (Wildman–Crippen LogP) is 2.93.